The third kappa shape index (κ3) is 4.13. The highest BCUT2D eigenvalue weighted by Crippen LogP contribution is 2.30. The molecule has 1 aromatic carbocycles. The van der Waals surface area contributed by atoms with E-state index in [1.807, 2.05) is 13.8 Å². The van der Waals surface area contributed by atoms with Crippen molar-refractivity contribution >= 4 is 29.6 Å². The van der Waals surface area contributed by atoms with Crippen LogP contribution in [0.2, 0.25) is 0 Å². The Balaban J connectivity index is 1.83. The lowest BCUT2D eigenvalue weighted by Gasteiger charge is -2.29. The van der Waals surface area contributed by atoms with Crippen molar-refractivity contribution in [2.24, 2.45) is 5.92 Å². The maximum atomic E-state index is 12.8. The molecule has 1 fully saturated rings. The fraction of sp³-hybridized carbons (Fsp3) is 0.450. The van der Waals surface area contributed by atoms with E-state index in [-0.39, 0.29) is 49.1 Å². The molecule has 29 heavy (non-hydrogen) atoms. The molecule has 9 nitrogen and oxygen atoms in total. The molecule has 0 saturated carbocycles. The molecule has 0 radical (unpaired) electrons. The van der Waals surface area contributed by atoms with Crippen molar-refractivity contribution in [1.82, 2.24) is 15.5 Å². The number of amides is 4. The van der Waals surface area contributed by atoms with E-state index in [0.29, 0.717) is 11.1 Å². The Morgan fingerprint density at radius 1 is 1.28 bits per heavy atom. The molecule has 2 aliphatic heterocycles. The van der Waals surface area contributed by atoms with Gasteiger partial charge in [-0.05, 0) is 36.5 Å². The molecule has 0 bridgehead atoms. The third-order valence-corrected chi connectivity index (χ3v) is 5.14. The molecule has 4 amide bonds. The number of imide groups is 1. The Labute approximate surface area is 167 Å². The van der Waals surface area contributed by atoms with Crippen LogP contribution in [0.3, 0.4) is 0 Å². The molecule has 3 N–H and O–H groups in total. The summed E-state index contributed by atoms with van der Waals surface area (Å²) in [4.78, 5) is 61.9. The van der Waals surface area contributed by atoms with Gasteiger partial charge in [0.1, 0.15) is 12.1 Å². The maximum Gasteiger partial charge on any atom is 0.326 e. The van der Waals surface area contributed by atoms with E-state index < -0.39 is 29.9 Å². The van der Waals surface area contributed by atoms with Crippen molar-refractivity contribution in [3.8, 4) is 0 Å². The van der Waals surface area contributed by atoms with E-state index in [1.165, 1.54) is 11.0 Å². The minimum atomic E-state index is -1.12. The highest BCUT2D eigenvalue weighted by atomic mass is 16.4. The summed E-state index contributed by atoms with van der Waals surface area (Å²) in [5.74, 6) is -2.92. The summed E-state index contributed by atoms with van der Waals surface area (Å²) in [6.45, 7) is 3.77. The van der Waals surface area contributed by atoms with E-state index in [4.69, 9.17) is 0 Å². The molecular formula is C20H23N3O6. The molecule has 0 spiro atoms. The average molecular weight is 401 g/mol. The number of rotatable bonds is 6. The first-order valence-corrected chi connectivity index (χ1v) is 9.49. The van der Waals surface area contributed by atoms with Crippen molar-refractivity contribution in [3.63, 3.8) is 0 Å². The van der Waals surface area contributed by atoms with Crippen molar-refractivity contribution < 1.29 is 29.1 Å². The topological polar surface area (TPSA) is 133 Å². The second-order valence-corrected chi connectivity index (χ2v) is 7.73. The number of nitrogens with zero attached hydrogens (tertiary/aromatic N) is 1. The molecule has 1 saturated heterocycles. The van der Waals surface area contributed by atoms with Crippen molar-refractivity contribution in [3.05, 3.63) is 34.9 Å². The zero-order chi connectivity index (χ0) is 21.3. The Morgan fingerprint density at radius 2 is 2.00 bits per heavy atom. The molecule has 9 heteroatoms. The highest BCUT2D eigenvalue weighted by Gasteiger charge is 2.40. The zero-order valence-corrected chi connectivity index (χ0v) is 16.2. The van der Waals surface area contributed by atoms with E-state index in [2.05, 4.69) is 10.6 Å². The van der Waals surface area contributed by atoms with Gasteiger partial charge in [0.15, 0.2) is 0 Å². The van der Waals surface area contributed by atoms with Crippen molar-refractivity contribution in [2.45, 2.75) is 51.7 Å². The quantitative estimate of drug-likeness (QED) is 0.600. The Morgan fingerprint density at radius 3 is 2.62 bits per heavy atom. The molecule has 154 valence electrons. The van der Waals surface area contributed by atoms with Gasteiger partial charge in [-0.2, -0.15) is 0 Å². The summed E-state index contributed by atoms with van der Waals surface area (Å²) < 4.78 is 0. The minimum Gasteiger partial charge on any atom is -0.480 e. The van der Waals surface area contributed by atoms with E-state index in [0.717, 1.165) is 0 Å². The number of nitrogens with one attached hydrogen (secondary N) is 2. The first kappa shape index (κ1) is 20.5. The van der Waals surface area contributed by atoms with Gasteiger partial charge < -0.3 is 15.3 Å². The largest absolute Gasteiger partial charge is 0.480 e. The van der Waals surface area contributed by atoms with Crippen LogP contribution in [0.15, 0.2) is 18.2 Å². The lowest BCUT2D eigenvalue weighted by Crippen LogP contribution is -2.52. The van der Waals surface area contributed by atoms with Gasteiger partial charge in [0.25, 0.3) is 11.8 Å². The number of carboxylic acid groups (broad SMARTS) is 1. The van der Waals surface area contributed by atoms with Crippen LogP contribution in [0.4, 0.5) is 0 Å². The number of benzene rings is 1. The molecule has 2 heterocycles. The van der Waals surface area contributed by atoms with Gasteiger partial charge in [0, 0.05) is 24.1 Å². The second-order valence-electron chi connectivity index (χ2n) is 7.73. The predicted octanol–water partition coefficient (Wildman–Crippen LogP) is 0.677. The fourth-order valence-electron chi connectivity index (χ4n) is 3.73. The van der Waals surface area contributed by atoms with Crippen LogP contribution in [0, 0.1) is 5.92 Å². The second kappa shape index (κ2) is 8.02. The van der Waals surface area contributed by atoms with Gasteiger partial charge in [-0.1, -0.05) is 19.9 Å². The summed E-state index contributed by atoms with van der Waals surface area (Å²) in [7, 11) is 0. The lowest BCUT2D eigenvalue weighted by molar-refractivity contribution is -0.140. The Hall–Kier alpha value is -3.23. The summed E-state index contributed by atoms with van der Waals surface area (Å²) in [6, 6.07) is 2.84. The summed E-state index contributed by atoms with van der Waals surface area (Å²) in [6.07, 6.45) is 0.637. The van der Waals surface area contributed by atoms with Crippen molar-refractivity contribution in [1.29, 1.82) is 0 Å². The number of piperidine rings is 1. The molecule has 1 aromatic rings. The number of carboxylic acids is 1. The first-order chi connectivity index (χ1) is 13.7. The number of fused-ring (bicyclic) bond motifs is 1. The van der Waals surface area contributed by atoms with Gasteiger partial charge in [-0.25, -0.2) is 4.79 Å². The van der Waals surface area contributed by atoms with Gasteiger partial charge in [0.2, 0.25) is 11.8 Å². The summed E-state index contributed by atoms with van der Waals surface area (Å²) in [5, 5.41) is 14.1. The minimum absolute atomic E-state index is 0.0476. The first-order valence-electron chi connectivity index (χ1n) is 9.49. The van der Waals surface area contributed by atoms with E-state index in [1.54, 1.807) is 12.1 Å². The number of aliphatic carboxylic acids is 1. The summed E-state index contributed by atoms with van der Waals surface area (Å²) in [5.41, 5.74) is 0.965. The molecule has 2 atom stereocenters. The fourth-order valence-corrected chi connectivity index (χ4v) is 3.73. The van der Waals surface area contributed by atoms with Gasteiger partial charge in [-0.3, -0.25) is 24.5 Å². The van der Waals surface area contributed by atoms with Crippen LogP contribution in [0.5, 0.6) is 0 Å². The van der Waals surface area contributed by atoms with Crippen LogP contribution < -0.4 is 10.6 Å². The molecule has 0 aliphatic carbocycles. The van der Waals surface area contributed by atoms with Crippen LogP contribution in [0.25, 0.3) is 0 Å². The molecule has 1 unspecified atom stereocenters. The third-order valence-electron chi connectivity index (χ3n) is 5.14. The smallest absolute Gasteiger partial charge is 0.326 e. The number of hydrogen-bond acceptors (Lipinski definition) is 5. The van der Waals surface area contributed by atoms with E-state index in [9.17, 15) is 29.1 Å². The standard InChI is InChI=1S/C20H23N3O6/c1-10(2)8-14(20(28)29)21-17(25)11-4-3-5-12-13(11)9-23(19(12)27)15-6-7-16(24)22-18(15)26/h3-5,10,14-15H,6-9H2,1-2H3,(H,21,25)(H,28,29)(H,22,24,26)/t14-,15?/m0/s1. The Bertz CT molecular complexity index is 894. The van der Waals surface area contributed by atoms with Crippen LogP contribution in [-0.4, -0.2) is 51.7 Å². The zero-order valence-electron chi connectivity index (χ0n) is 16.2. The normalized spacial score (nSPS) is 19.8. The average Bonchev–Trinajstić information content (AvgIpc) is 2.97. The summed E-state index contributed by atoms with van der Waals surface area (Å²) >= 11 is 0. The van der Waals surface area contributed by atoms with Crippen LogP contribution in [-0.2, 0) is 20.9 Å². The maximum absolute atomic E-state index is 12.8. The molecular weight excluding hydrogens is 378 g/mol. The van der Waals surface area contributed by atoms with Crippen molar-refractivity contribution in [2.75, 3.05) is 0 Å². The van der Waals surface area contributed by atoms with Crippen LogP contribution >= 0.6 is 0 Å². The predicted molar refractivity (Wildman–Crippen MR) is 101 cm³/mol. The van der Waals surface area contributed by atoms with Crippen LogP contribution in [0.1, 0.15) is 59.4 Å². The van der Waals surface area contributed by atoms with Gasteiger partial charge >= 0.3 is 5.97 Å². The Kier molecular flexibility index (Phi) is 5.67. The monoisotopic (exact) mass is 401 g/mol. The number of carbonyl (C=O) groups is 5. The molecule has 3 rings (SSSR count). The molecule has 0 aromatic heterocycles. The number of carbonyl (C=O) groups excluding carboxylic acids is 4. The molecule has 2 aliphatic rings. The SMILES string of the molecule is CC(C)C[C@H](NC(=O)c1cccc2c1CN(C1CCC(=O)NC1=O)C2=O)C(=O)O. The van der Waals surface area contributed by atoms with E-state index >= 15 is 0 Å². The van der Waals surface area contributed by atoms with Gasteiger partial charge in [-0.15, -0.1) is 0 Å². The highest BCUT2D eigenvalue weighted by molar-refractivity contribution is 6.08. The van der Waals surface area contributed by atoms with Gasteiger partial charge in [0.05, 0.1) is 0 Å². The lowest BCUT2D eigenvalue weighted by atomic mass is 10.0. The number of hydrogen-bond donors (Lipinski definition) is 3.